The van der Waals surface area contributed by atoms with Gasteiger partial charge < -0.3 is 9.67 Å². The fourth-order valence-electron chi connectivity index (χ4n) is 4.18. The normalized spacial score (nSPS) is 12.7. The monoisotopic (exact) mass is 490 g/mol. The maximum absolute atomic E-state index is 13.0. The summed E-state index contributed by atoms with van der Waals surface area (Å²) in [6, 6.07) is 18.4. The molecule has 0 saturated carbocycles. The van der Waals surface area contributed by atoms with E-state index in [0.29, 0.717) is 33.4 Å². The van der Waals surface area contributed by atoms with Crippen molar-refractivity contribution < 1.29 is 18.3 Å². The van der Waals surface area contributed by atoms with Crippen LogP contribution in [-0.4, -0.2) is 24.4 Å². The Bertz CT molecular complexity index is 1590. The van der Waals surface area contributed by atoms with Crippen molar-refractivity contribution in [1.82, 2.24) is 19.3 Å². The number of hydrogen-bond donors (Lipinski definition) is 1. The smallest absolute Gasteiger partial charge is 0.392 e. The molecule has 0 aliphatic rings. The third-order valence-electron chi connectivity index (χ3n) is 6.12. The number of halogens is 3. The highest BCUT2D eigenvalue weighted by atomic mass is 19.4. The lowest BCUT2D eigenvalue weighted by molar-refractivity contribution is -0.137. The molecule has 0 fully saturated rings. The molecule has 0 saturated heterocycles. The summed E-state index contributed by atoms with van der Waals surface area (Å²) >= 11 is 0. The van der Waals surface area contributed by atoms with Gasteiger partial charge in [-0.3, -0.25) is 9.78 Å². The van der Waals surface area contributed by atoms with E-state index in [1.165, 1.54) is 22.9 Å². The van der Waals surface area contributed by atoms with Crippen molar-refractivity contribution in [3.05, 3.63) is 112 Å². The van der Waals surface area contributed by atoms with E-state index in [-0.39, 0.29) is 18.2 Å². The Labute approximate surface area is 203 Å². The summed E-state index contributed by atoms with van der Waals surface area (Å²) in [4.78, 5) is 17.4. The summed E-state index contributed by atoms with van der Waals surface area (Å²) in [7, 11) is 0. The zero-order valence-electron chi connectivity index (χ0n) is 19.1. The third-order valence-corrected chi connectivity index (χ3v) is 6.12. The predicted octanol–water partition coefficient (Wildman–Crippen LogP) is 5.37. The van der Waals surface area contributed by atoms with Crippen LogP contribution in [0.25, 0.3) is 27.8 Å². The molecule has 1 N–H and O–H groups in total. The number of pyridine rings is 2. The molecule has 9 heteroatoms. The van der Waals surface area contributed by atoms with E-state index in [1.807, 2.05) is 25.1 Å². The Kier molecular flexibility index (Phi) is 5.93. The number of aliphatic hydroxyl groups is 1. The van der Waals surface area contributed by atoms with Gasteiger partial charge in [0.05, 0.1) is 35.1 Å². The Morgan fingerprint density at radius 1 is 1.00 bits per heavy atom. The number of aromatic nitrogens is 4. The number of fused-ring (bicyclic) bond motifs is 1. The van der Waals surface area contributed by atoms with Crippen LogP contribution in [0.15, 0.2) is 90.0 Å². The molecule has 0 aliphatic carbocycles. The number of nitrogens with zero attached hydrogens (tertiary/aromatic N) is 4. The number of benzene rings is 2. The van der Waals surface area contributed by atoms with Crippen molar-refractivity contribution in [2.75, 3.05) is 0 Å². The molecule has 3 heterocycles. The minimum Gasteiger partial charge on any atom is -0.392 e. The minimum absolute atomic E-state index is 0.203. The average molecular weight is 490 g/mol. The second-order valence-electron chi connectivity index (χ2n) is 8.41. The summed E-state index contributed by atoms with van der Waals surface area (Å²) in [6.07, 6.45) is -1.09. The van der Waals surface area contributed by atoms with Crippen LogP contribution < -0.4 is 5.56 Å². The van der Waals surface area contributed by atoms with Gasteiger partial charge in [0, 0.05) is 29.4 Å². The highest BCUT2D eigenvalue weighted by molar-refractivity contribution is 5.94. The number of aliphatic hydroxyl groups excluding tert-OH is 1. The lowest BCUT2D eigenvalue weighted by Gasteiger charge is -2.14. The van der Waals surface area contributed by atoms with E-state index in [0.717, 1.165) is 17.8 Å². The summed E-state index contributed by atoms with van der Waals surface area (Å²) in [5.74, 6) is 0. The van der Waals surface area contributed by atoms with Crippen molar-refractivity contribution in [2.24, 2.45) is 0 Å². The van der Waals surface area contributed by atoms with Crippen LogP contribution in [0.3, 0.4) is 0 Å². The van der Waals surface area contributed by atoms with Crippen LogP contribution in [0.5, 0.6) is 0 Å². The number of alkyl halides is 3. The molecule has 0 spiro atoms. The van der Waals surface area contributed by atoms with Gasteiger partial charge in [0.25, 0.3) is 5.56 Å². The molecule has 0 aliphatic heterocycles. The van der Waals surface area contributed by atoms with Crippen molar-refractivity contribution in [1.29, 1.82) is 0 Å². The largest absolute Gasteiger partial charge is 0.416 e. The molecule has 0 unspecified atom stereocenters. The topological polar surface area (TPSA) is 72.9 Å². The molecular formula is C27H21F3N4O2. The first-order valence-corrected chi connectivity index (χ1v) is 11.2. The zero-order valence-corrected chi connectivity index (χ0v) is 19.1. The zero-order chi connectivity index (χ0) is 25.4. The molecule has 36 heavy (non-hydrogen) atoms. The standard InChI is InChI=1S/C27H21F3N4O2/c1-17(23-4-2-3-12-31-23)33-13-11-19(15-25(33)36)26-22-10-5-18(16-35)14-24(22)34(32-26)21-8-6-20(7-9-21)27(28,29)30/h2-15,17,35H,16H2,1H3/t17-/m0/s1. The van der Waals surface area contributed by atoms with Gasteiger partial charge in [0.1, 0.15) is 5.69 Å². The maximum Gasteiger partial charge on any atom is 0.416 e. The molecule has 5 aromatic rings. The molecule has 0 amide bonds. The van der Waals surface area contributed by atoms with Gasteiger partial charge >= 0.3 is 6.18 Å². The summed E-state index contributed by atoms with van der Waals surface area (Å²) in [6.45, 7) is 1.68. The SMILES string of the molecule is C[C@@H](c1ccccn1)n1ccc(-c2nn(-c3ccc(C(F)(F)F)cc3)c3cc(CO)ccc23)cc1=O. The van der Waals surface area contributed by atoms with E-state index in [1.54, 1.807) is 41.2 Å². The number of hydrogen-bond acceptors (Lipinski definition) is 4. The third kappa shape index (κ3) is 4.29. The predicted molar refractivity (Wildman–Crippen MR) is 130 cm³/mol. The van der Waals surface area contributed by atoms with Gasteiger partial charge in [-0.15, -0.1) is 0 Å². The van der Waals surface area contributed by atoms with E-state index < -0.39 is 11.7 Å². The van der Waals surface area contributed by atoms with Gasteiger partial charge in [0.15, 0.2) is 0 Å². The Morgan fingerprint density at radius 2 is 1.78 bits per heavy atom. The Morgan fingerprint density at radius 3 is 2.42 bits per heavy atom. The summed E-state index contributed by atoms with van der Waals surface area (Å²) in [5.41, 5.74) is 2.47. The second kappa shape index (κ2) is 9.09. The Hall–Kier alpha value is -4.24. The van der Waals surface area contributed by atoms with Crippen LogP contribution in [0.2, 0.25) is 0 Å². The van der Waals surface area contributed by atoms with E-state index >= 15 is 0 Å². The molecule has 0 bridgehead atoms. The Balaban J connectivity index is 1.61. The first-order chi connectivity index (χ1) is 17.3. The van der Waals surface area contributed by atoms with Crippen molar-refractivity contribution in [3.8, 4) is 16.9 Å². The van der Waals surface area contributed by atoms with Gasteiger partial charge in [-0.2, -0.15) is 18.3 Å². The summed E-state index contributed by atoms with van der Waals surface area (Å²) < 4.78 is 42.2. The first-order valence-electron chi connectivity index (χ1n) is 11.2. The van der Waals surface area contributed by atoms with Gasteiger partial charge in [0.2, 0.25) is 0 Å². The molecular weight excluding hydrogens is 469 g/mol. The van der Waals surface area contributed by atoms with Crippen LogP contribution in [0.4, 0.5) is 13.2 Å². The van der Waals surface area contributed by atoms with Crippen LogP contribution in [0.1, 0.15) is 29.8 Å². The fourth-order valence-corrected chi connectivity index (χ4v) is 4.18. The average Bonchev–Trinajstić information content (AvgIpc) is 3.27. The molecule has 0 radical (unpaired) electrons. The highest BCUT2D eigenvalue weighted by Crippen LogP contribution is 2.33. The van der Waals surface area contributed by atoms with Gasteiger partial charge in [-0.05, 0) is 61.0 Å². The van der Waals surface area contributed by atoms with E-state index in [4.69, 9.17) is 0 Å². The fraction of sp³-hybridized carbons (Fsp3) is 0.148. The highest BCUT2D eigenvalue weighted by Gasteiger charge is 2.30. The van der Waals surface area contributed by atoms with Gasteiger partial charge in [-0.25, -0.2) is 4.68 Å². The van der Waals surface area contributed by atoms with E-state index in [9.17, 15) is 23.1 Å². The molecule has 3 aromatic heterocycles. The van der Waals surface area contributed by atoms with Crippen molar-refractivity contribution in [3.63, 3.8) is 0 Å². The molecule has 182 valence electrons. The first kappa shape index (κ1) is 23.5. The lowest BCUT2D eigenvalue weighted by Crippen LogP contribution is -2.23. The maximum atomic E-state index is 13.0. The minimum atomic E-state index is -4.45. The summed E-state index contributed by atoms with van der Waals surface area (Å²) in [5, 5.41) is 15.0. The van der Waals surface area contributed by atoms with Crippen LogP contribution >= 0.6 is 0 Å². The van der Waals surface area contributed by atoms with E-state index in [2.05, 4.69) is 10.1 Å². The molecule has 1 atom stereocenters. The quantitative estimate of drug-likeness (QED) is 0.360. The molecule has 5 rings (SSSR count). The molecule has 6 nitrogen and oxygen atoms in total. The van der Waals surface area contributed by atoms with Gasteiger partial charge in [-0.1, -0.05) is 18.2 Å². The second-order valence-corrected chi connectivity index (χ2v) is 8.41. The molecule has 2 aromatic carbocycles. The lowest BCUT2D eigenvalue weighted by atomic mass is 10.1. The van der Waals surface area contributed by atoms with Crippen molar-refractivity contribution >= 4 is 10.9 Å². The van der Waals surface area contributed by atoms with Crippen LogP contribution in [-0.2, 0) is 12.8 Å². The van der Waals surface area contributed by atoms with Crippen molar-refractivity contribution in [2.45, 2.75) is 25.7 Å². The number of rotatable bonds is 5. The van der Waals surface area contributed by atoms with Crippen LogP contribution in [0, 0.1) is 0 Å².